The van der Waals surface area contributed by atoms with Gasteiger partial charge in [0.2, 0.25) is 5.91 Å². The molecular weight excluding hydrogens is 224 g/mol. The van der Waals surface area contributed by atoms with E-state index in [1.807, 2.05) is 46.8 Å². The summed E-state index contributed by atoms with van der Waals surface area (Å²) in [6, 6.07) is 5.59. The summed E-state index contributed by atoms with van der Waals surface area (Å²) in [4.78, 5) is 14.0. The second kappa shape index (κ2) is 5.11. The van der Waals surface area contributed by atoms with Crippen LogP contribution in [-0.4, -0.2) is 19.0 Å². The van der Waals surface area contributed by atoms with E-state index in [0.717, 1.165) is 16.8 Å². The summed E-state index contributed by atoms with van der Waals surface area (Å²) in [5.74, 6) is -0.0486. The van der Waals surface area contributed by atoms with Crippen LogP contribution in [0.2, 0.25) is 0 Å². The highest BCUT2D eigenvalue weighted by atomic mass is 16.2. The number of rotatable bonds is 2. The molecule has 0 fully saturated rings. The van der Waals surface area contributed by atoms with Crippen LogP contribution in [-0.2, 0) is 4.79 Å². The van der Waals surface area contributed by atoms with Gasteiger partial charge in [0.25, 0.3) is 0 Å². The first kappa shape index (κ1) is 14.7. The SMILES string of the molecule is Cc1cc(C)cc(N(C)C(=O)C(N)C(C)(C)C)c1. The lowest BCUT2D eigenvalue weighted by Crippen LogP contribution is -2.49. The Labute approximate surface area is 110 Å². The van der Waals surface area contributed by atoms with Crippen molar-refractivity contribution in [2.24, 2.45) is 11.1 Å². The zero-order valence-electron chi connectivity index (χ0n) is 12.2. The van der Waals surface area contributed by atoms with Crippen LogP contribution in [0.4, 0.5) is 5.69 Å². The highest BCUT2D eigenvalue weighted by molar-refractivity contribution is 5.97. The topological polar surface area (TPSA) is 46.3 Å². The van der Waals surface area contributed by atoms with Crippen molar-refractivity contribution in [3.63, 3.8) is 0 Å². The van der Waals surface area contributed by atoms with Gasteiger partial charge in [-0.3, -0.25) is 4.79 Å². The van der Waals surface area contributed by atoms with Gasteiger partial charge in [-0.05, 0) is 42.5 Å². The predicted molar refractivity (Wildman–Crippen MR) is 76.8 cm³/mol. The molecule has 0 heterocycles. The minimum absolute atomic E-state index is 0.0486. The lowest BCUT2D eigenvalue weighted by atomic mass is 9.86. The highest BCUT2D eigenvalue weighted by Gasteiger charge is 2.30. The Hall–Kier alpha value is -1.35. The minimum atomic E-state index is -0.497. The molecule has 0 aliphatic carbocycles. The summed E-state index contributed by atoms with van der Waals surface area (Å²) in [5, 5.41) is 0. The van der Waals surface area contributed by atoms with E-state index in [0.29, 0.717) is 0 Å². The molecule has 1 amide bonds. The zero-order chi connectivity index (χ0) is 14.1. The number of nitrogens with zero attached hydrogens (tertiary/aromatic N) is 1. The summed E-state index contributed by atoms with van der Waals surface area (Å²) in [5.41, 5.74) is 8.98. The van der Waals surface area contributed by atoms with Gasteiger partial charge in [0.05, 0.1) is 6.04 Å². The Morgan fingerprint density at radius 2 is 1.61 bits per heavy atom. The molecule has 0 aliphatic rings. The van der Waals surface area contributed by atoms with Gasteiger partial charge >= 0.3 is 0 Å². The number of likely N-dealkylation sites (N-methyl/N-ethyl adjacent to an activating group) is 1. The van der Waals surface area contributed by atoms with Crippen LogP contribution in [0.3, 0.4) is 0 Å². The molecule has 0 spiro atoms. The van der Waals surface area contributed by atoms with Crippen molar-refractivity contribution in [1.29, 1.82) is 0 Å². The summed E-state index contributed by atoms with van der Waals surface area (Å²) in [6.07, 6.45) is 0. The van der Waals surface area contributed by atoms with E-state index in [-0.39, 0.29) is 11.3 Å². The van der Waals surface area contributed by atoms with Crippen molar-refractivity contribution in [2.75, 3.05) is 11.9 Å². The monoisotopic (exact) mass is 248 g/mol. The van der Waals surface area contributed by atoms with E-state index in [2.05, 4.69) is 6.07 Å². The van der Waals surface area contributed by atoms with Gasteiger partial charge < -0.3 is 10.6 Å². The Bertz CT molecular complexity index is 426. The second-order valence-electron chi connectivity index (χ2n) is 6.09. The number of amides is 1. The first-order chi connectivity index (χ1) is 8.12. The molecule has 0 saturated heterocycles. The van der Waals surface area contributed by atoms with Crippen LogP contribution in [0.25, 0.3) is 0 Å². The third-order valence-electron chi connectivity index (χ3n) is 3.12. The molecule has 1 aromatic rings. The molecule has 2 N–H and O–H groups in total. The molecule has 0 saturated carbocycles. The number of nitrogens with two attached hydrogens (primary N) is 1. The largest absolute Gasteiger partial charge is 0.319 e. The van der Waals surface area contributed by atoms with Crippen molar-refractivity contribution < 1.29 is 4.79 Å². The van der Waals surface area contributed by atoms with E-state index in [9.17, 15) is 4.79 Å². The molecule has 100 valence electrons. The van der Waals surface area contributed by atoms with Crippen LogP contribution < -0.4 is 10.6 Å². The molecule has 3 nitrogen and oxygen atoms in total. The molecule has 0 aromatic heterocycles. The van der Waals surface area contributed by atoms with Gasteiger partial charge in [-0.2, -0.15) is 0 Å². The summed E-state index contributed by atoms with van der Waals surface area (Å²) < 4.78 is 0. The van der Waals surface area contributed by atoms with Crippen molar-refractivity contribution in [3.8, 4) is 0 Å². The molecule has 0 radical (unpaired) electrons. The predicted octanol–water partition coefficient (Wildman–Crippen LogP) is 2.64. The number of aryl methyl sites for hydroxylation is 2. The van der Waals surface area contributed by atoms with E-state index in [4.69, 9.17) is 5.73 Å². The first-order valence-corrected chi connectivity index (χ1v) is 6.24. The number of hydrogen-bond donors (Lipinski definition) is 1. The number of carbonyl (C=O) groups is 1. The van der Waals surface area contributed by atoms with Gasteiger partial charge in [-0.15, -0.1) is 0 Å². The van der Waals surface area contributed by atoms with Crippen LogP contribution in [0, 0.1) is 19.3 Å². The summed E-state index contributed by atoms with van der Waals surface area (Å²) in [7, 11) is 1.78. The summed E-state index contributed by atoms with van der Waals surface area (Å²) >= 11 is 0. The highest BCUT2D eigenvalue weighted by Crippen LogP contribution is 2.23. The molecule has 0 aliphatic heterocycles. The lowest BCUT2D eigenvalue weighted by molar-refractivity contribution is -0.121. The number of hydrogen-bond acceptors (Lipinski definition) is 2. The fourth-order valence-electron chi connectivity index (χ4n) is 1.85. The normalized spacial score (nSPS) is 13.3. The standard InChI is InChI=1S/C15H24N2O/c1-10-7-11(2)9-12(8-10)17(6)14(18)13(16)15(3,4)5/h7-9,13H,16H2,1-6H3. The molecule has 1 aromatic carbocycles. The van der Waals surface area contributed by atoms with Crippen molar-refractivity contribution in [3.05, 3.63) is 29.3 Å². The quantitative estimate of drug-likeness (QED) is 0.874. The lowest BCUT2D eigenvalue weighted by Gasteiger charge is -2.30. The molecular formula is C15H24N2O. The smallest absolute Gasteiger partial charge is 0.244 e. The van der Waals surface area contributed by atoms with Gasteiger partial charge in [-0.25, -0.2) is 0 Å². The fourth-order valence-corrected chi connectivity index (χ4v) is 1.85. The molecule has 1 rings (SSSR count). The molecule has 18 heavy (non-hydrogen) atoms. The maximum Gasteiger partial charge on any atom is 0.244 e. The van der Waals surface area contributed by atoms with Crippen LogP contribution in [0.1, 0.15) is 31.9 Å². The second-order valence-corrected chi connectivity index (χ2v) is 6.09. The Morgan fingerprint density at radius 3 is 2.00 bits per heavy atom. The van der Waals surface area contributed by atoms with E-state index < -0.39 is 6.04 Å². The van der Waals surface area contributed by atoms with Crippen molar-refractivity contribution in [2.45, 2.75) is 40.7 Å². The van der Waals surface area contributed by atoms with Crippen LogP contribution in [0.15, 0.2) is 18.2 Å². The zero-order valence-corrected chi connectivity index (χ0v) is 12.2. The summed E-state index contributed by atoms with van der Waals surface area (Å²) in [6.45, 7) is 9.98. The average Bonchev–Trinajstić information content (AvgIpc) is 2.23. The van der Waals surface area contributed by atoms with Crippen LogP contribution in [0.5, 0.6) is 0 Å². The van der Waals surface area contributed by atoms with Gasteiger partial charge in [0.15, 0.2) is 0 Å². The molecule has 3 heteroatoms. The maximum atomic E-state index is 12.3. The van der Waals surface area contributed by atoms with Gasteiger partial charge in [-0.1, -0.05) is 26.8 Å². The average molecular weight is 248 g/mol. The third-order valence-corrected chi connectivity index (χ3v) is 3.12. The Morgan fingerprint density at radius 1 is 1.17 bits per heavy atom. The van der Waals surface area contributed by atoms with E-state index in [1.165, 1.54) is 0 Å². The molecule has 1 unspecified atom stereocenters. The van der Waals surface area contributed by atoms with E-state index in [1.54, 1.807) is 11.9 Å². The fraction of sp³-hybridized carbons (Fsp3) is 0.533. The Balaban J connectivity index is 3.00. The van der Waals surface area contributed by atoms with E-state index >= 15 is 0 Å². The number of carbonyl (C=O) groups excluding carboxylic acids is 1. The maximum absolute atomic E-state index is 12.3. The number of anilines is 1. The molecule has 1 atom stereocenters. The van der Waals surface area contributed by atoms with Gasteiger partial charge in [0, 0.05) is 12.7 Å². The third kappa shape index (κ3) is 3.33. The minimum Gasteiger partial charge on any atom is -0.319 e. The first-order valence-electron chi connectivity index (χ1n) is 6.24. The van der Waals surface area contributed by atoms with Crippen molar-refractivity contribution >= 4 is 11.6 Å². The van der Waals surface area contributed by atoms with Crippen LogP contribution >= 0.6 is 0 Å². The van der Waals surface area contributed by atoms with Crippen molar-refractivity contribution in [1.82, 2.24) is 0 Å². The van der Waals surface area contributed by atoms with Gasteiger partial charge in [0.1, 0.15) is 0 Å². The number of benzene rings is 1. The molecule has 0 bridgehead atoms. The Kier molecular flexibility index (Phi) is 4.17.